The predicted molar refractivity (Wildman–Crippen MR) is 99.3 cm³/mol. The Kier molecular flexibility index (Phi) is 5.06. The van der Waals surface area contributed by atoms with Gasteiger partial charge < -0.3 is 20.7 Å². The fourth-order valence-electron chi connectivity index (χ4n) is 2.30. The second kappa shape index (κ2) is 7.59. The van der Waals surface area contributed by atoms with E-state index < -0.39 is 0 Å². The smallest absolute Gasteiger partial charge is 0.211 e. The zero-order valence-electron chi connectivity index (χ0n) is 13.3. The van der Waals surface area contributed by atoms with Crippen LogP contribution in [0.1, 0.15) is 0 Å². The van der Waals surface area contributed by atoms with Gasteiger partial charge in [0.05, 0.1) is 19.0 Å². The van der Waals surface area contributed by atoms with Crippen molar-refractivity contribution in [3.8, 4) is 5.75 Å². The maximum absolute atomic E-state index is 10.7. The maximum Gasteiger partial charge on any atom is 0.211 e. The molecule has 0 unspecified atom stereocenters. The van der Waals surface area contributed by atoms with Crippen LogP contribution in [0.25, 0.3) is 0 Å². The van der Waals surface area contributed by atoms with Crippen molar-refractivity contribution in [1.82, 2.24) is 10.2 Å². The number of H-pyrrole nitrogens is 1. The van der Waals surface area contributed by atoms with Gasteiger partial charge in [0.2, 0.25) is 6.41 Å². The zero-order valence-corrected chi connectivity index (χ0v) is 14.1. The number of hydrogen-bond acceptors (Lipinski definition) is 5. The van der Waals surface area contributed by atoms with Crippen LogP contribution in [0.2, 0.25) is 5.02 Å². The van der Waals surface area contributed by atoms with E-state index in [-0.39, 0.29) is 0 Å². The molecule has 0 saturated carbocycles. The van der Waals surface area contributed by atoms with Crippen LogP contribution >= 0.6 is 11.6 Å². The first-order chi connectivity index (χ1) is 12.2. The van der Waals surface area contributed by atoms with Crippen LogP contribution in [0.15, 0.2) is 48.7 Å². The van der Waals surface area contributed by atoms with Crippen LogP contribution in [0.4, 0.5) is 28.6 Å². The molecule has 7 nitrogen and oxygen atoms in total. The first-order valence-electron chi connectivity index (χ1n) is 7.41. The molecule has 0 aliphatic carbocycles. The second-order valence-corrected chi connectivity index (χ2v) is 5.53. The molecule has 0 saturated heterocycles. The molecule has 0 bridgehead atoms. The van der Waals surface area contributed by atoms with Gasteiger partial charge in [-0.2, -0.15) is 5.10 Å². The third-order valence-electron chi connectivity index (χ3n) is 3.43. The summed E-state index contributed by atoms with van der Waals surface area (Å²) in [6.45, 7) is 0. The fraction of sp³-hybridized carbons (Fsp3) is 0.0588. The van der Waals surface area contributed by atoms with E-state index in [2.05, 4.69) is 26.1 Å². The molecule has 0 radical (unpaired) electrons. The van der Waals surface area contributed by atoms with Crippen molar-refractivity contribution >= 4 is 46.6 Å². The summed E-state index contributed by atoms with van der Waals surface area (Å²) in [7, 11) is 1.54. The van der Waals surface area contributed by atoms with Gasteiger partial charge >= 0.3 is 0 Å². The largest absolute Gasteiger partial charge is 0.495 e. The number of hydrogen-bond donors (Lipinski definition) is 4. The highest BCUT2D eigenvalue weighted by Gasteiger charge is 2.09. The molecule has 0 aliphatic rings. The number of aromatic amines is 1. The molecule has 0 aliphatic heterocycles. The van der Waals surface area contributed by atoms with E-state index in [0.717, 1.165) is 17.1 Å². The van der Waals surface area contributed by atoms with Gasteiger partial charge in [-0.3, -0.25) is 9.89 Å². The molecule has 1 heterocycles. The molecular formula is C17H16ClN5O2. The Hall–Kier alpha value is -3.19. The van der Waals surface area contributed by atoms with Crippen molar-refractivity contribution in [2.24, 2.45) is 0 Å². The van der Waals surface area contributed by atoms with E-state index >= 15 is 0 Å². The number of benzene rings is 2. The van der Waals surface area contributed by atoms with Crippen molar-refractivity contribution in [3.05, 3.63) is 53.7 Å². The summed E-state index contributed by atoms with van der Waals surface area (Å²) in [5, 5.41) is 16.6. The van der Waals surface area contributed by atoms with Gasteiger partial charge in [0.15, 0.2) is 0 Å². The van der Waals surface area contributed by atoms with Gasteiger partial charge in [0.25, 0.3) is 0 Å². The minimum Gasteiger partial charge on any atom is -0.495 e. The minimum absolute atomic E-state index is 0.561. The number of carbonyl (C=O) groups is 1. The number of ether oxygens (including phenoxy) is 1. The second-order valence-electron chi connectivity index (χ2n) is 5.10. The first-order valence-corrected chi connectivity index (χ1v) is 7.78. The summed E-state index contributed by atoms with van der Waals surface area (Å²) >= 11 is 6.00. The lowest BCUT2D eigenvalue weighted by Crippen LogP contribution is -2.00. The summed E-state index contributed by atoms with van der Waals surface area (Å²) in [4.78, 5) is 10.7. The normalized spacial score (nSPS) is 10.2. The van der Waals surface area contributed by atoms with Crippen LogP contribution in [0.5, 0.6) is 5.75 Å². The van der Waals surface area contributed by atoms with E-state index in [1.807, 2.05) is 24.3 Å². The van der Waals surface area contributed by atoms with Gasteiger partial charge in [-0.15, -0.1) is 0 Å². The highest BCUT2D eigenvalue weighted by molar-refractivity contribution is 6.30. The molecule has 1 amide bonds. The van der Waals surface area contributed by atoms with Crippen LogP contribution in [-0.2, 0) is 4.79 Å². The predicted octanol–water partition coefficient (Wildman–Crippen LogP) is 4.13. The number of aromatic nitrogens is 2. The van der Waals surface area contributed by atoms with E-state index in [0.29, 0.717) is 28.7 Å². The van der Waals surface area contributed by atoms with Gasteiger partial charge in [-0.25, -0.2) is 0 Å². The lowest BCUT2D eigenvalue weighted by atomic mass is 10.2. The van der Waals surface area contributed by atoms with E-state index in [1.54, 1.807) is 31.5 Å². The Morgan fingerprint density at radius 1 is 1.12 bits per heavy atom. The number of nitrogens with zero attached hydrogens (tertiary/aromatic N) is 1. The topological polar surface area (TPSA) is 91.1 Å². The monoisotopic (exact) mass is 357 g/mol. The van der Waals surface area contributed by atoms with Crippen LogP contribution < -0.4 is 20.7 Å². The molecule has 3 aromatic rings. The number of halogens is 1. The van der Waals surface area contributed by atoms with Crippen molar-refractivity contribution in [2.45, 2.75) is 0 Å². The summed E-state index contributed by atoms with van der Waals surface area (Å²) in [5.74, 6) is 1.24. The molecule has 3 rings (SSSR count). The lowest BCUT2D eigenvalue weighted by Gasteiger charge is -2.12. The van der Waals surface area contributed by atoms with Crippen LogP contribution in [0, 0.1) is 0 Å². The van der Waals surface area contributed by atoms with Crippen LogP contribution in [0.3, 0.4) is 0 Å². The molecule has 4 N–H and O–H groups in total. The van der Waals surface area contributed by atoms with Crippen molar-refractivity contribution in [3.63, 3.8) is 0 Å². The zero-order chi connectivity index (χ0) is 17.6. The Balaban J connectivity index is 1.81. The molecule has 0 fully saturated rings. The van der Waals surface area contributed by atoms with Crippen molar-refractivity contribution in [2.75, 3.05) is 23.1 Å². The average molecular weight is 358 g/mol. The SMILES string of the molecule is COc1ccc(Nc2[nH]ncc2Nc2cccc(Cl)c2)cc1NC=O. The fourth-order valence-corrected chi connectivity index (χ4v) is 2.49. The summed E-state index contributed by atoms with van der Waals surface area (Å²) in [5.41, 5.74) is 2.91. The third-order valence-corrected chi connectivity index (χ3v) is 3.66. The van der Waals surface area contributed by atoms with Gasteiger partial charge in [-0.05, 0) is 36.4 Å². The van der Waals surface area contributed by atoms with Gasteiger partial charge in [0.1, 0.15) is 17.3 Å². The van der Waals surface area contributed by atoms with Crippen LogP contribution in [-0.4, -0.2) is 23.7 Å². The molecule has 1 aromatic heterocycles. The Labute approximate surface area is 149 Å². The summed E-state index contributed by atoms with van der Waals surface area (Å²) < 4.78 is 5.21. The maximum atomic E-state index is 10.7. The number of methoxy groups -OCH3 is 1. The molecule has 8 heteroatoms. The minimum atomic E-state index is 0.561. The van der Waals surface area contributed by atoms with Gasteiger partial charge in [-0.1, -0.05) is 17.7 Å². The van der Waals surface area contributed by atoms with Crippen molar-refractivity contribution in [1.29, 1.82) is 0 Å². The van der Waals surface area contributed by atoms with E-state index in [4.69, 9.17) is 16.3 Å². The standard InChI is InChI=1S/C17H16ClN5O2/c1-25-16-6-5-13(8-14(16)19-10-24)22-17-15(9-20-23-17)21-12-4-2-3-11(18)7-12/h2-10,21H,1H3,(H,19,24)(H2,20,22,23). The molecule has 25 heavy (non-hydrogen) atoms. The highest BCUT2D eigenvalue weighted by atomic mass is 35.5. The number of anilines is 5. The average Bonchev–Trinajstić information content (AvgIpc) is 3.02. The molecular weight excluding hydrogens is 342 g/mol. The number of carbonyl (C=O) groups excluding carboxylic acids is 1. The molecule has 0 atom stereocenters. The van der Waals surface area contributed by atoms with E-state index in [1.165, 1.54) is 0 Å². The number of amides is 1. The summed E-state index contributed by atoms with van der Waals surface area (Å²) in [6, 6.07) is 12.7. The molecule has 0 spiro atoms. The van der Waals surface area contributed by atoms with Gasteiger partial charge in [0, 0.05) is 16.4 Å². The number of nitrogens with one attached hydrogen (secondary N) is 4. The quantitative estimate of drug-likeness (QED) is 0.477. The summed E-state index contributed by atoms with van der Waals surface area (Å²) in [6.07, 6.45) is 2.27. The molecule has 2 aromatic carbocycles. The Morgan fingerprint density at radius 2 is 1.96 bits per heavy atom. The van der Waals surface area contributed by atoms with Crippen molar-refractivity contribution < 1.29 is 9.53 Å². The first kappa shape index (κ1) is 16.7. The van der Waals surface area contributed by atoms with E-state index in [9.17, 15) is 4.79 Å². The number of rotatable bonds is 7. The third kappa shape index (κ3) is 4.02. The Bertz CT molecular complexity index is 881. The highest BCUT2D eigenvalue weighted by Crippen LogP contribution is 2.31. The lowest BCUT2D eigenvalue weighted by molar-refractivity contribution is -0.105. The Morgan fingerprint density at radius 3 is 2.72 bits per heavy atom. The molecule has 128 valence electrons.